The Morgan fingerprint density at radius 2 is 2.00 bits per heavy atom. The van der Waals surface area contributed by atoms with Gasteiger partial charge in [-0.05, 0) is 35.7 Å². The SMILES string of the molecule is CCc1ccc2[nH]c(-c3cccc(Cl)c3Cl)c(CC(=O)O)c2c1. The van der Waals surface area contributed by atoms with Gasteiger partial charge in [0.2, 0.25) is 0 Å². The molecule has 23 heavy (non-hydrogen) atoms. The van der Waals surface area contributed by atoms with E-state index in [1.54, 1.807) is 12.1 Å². The summed E-state index contributed by atoms with van der Waals surface area (Å²) in [6.07, 6.45) is 0.812. The molecular weight excluding hydrogens is 333 g/mol. The predicted molar refractivity (Wildman–Crippen MR) is 94.5 cm³/mol. The van der Waals surface area contributed by atoms with E-state index in [1.165, 1.54) is 0 Å². The fourth-order valence-electron chi connectivity index (χ4n) is 2.78. The molecule has 2 N–H and O–H groups in total. The second-order valence-corrected chi connectivity index (χ2v) is 6.17. The zero-order valence-electron chi connectivity index (χ0n) is 12.5. The highest BCUT2D eigenvalue weighted by Crippen LogP contribution is 2.38. The first-order valence-corrected chi connectivity index (χ1v) is 8.06. The normalized spacial score (nSPS) is 11.1. The number of H-pyrrole nitrogens is 1. The van der Waals surface area contributed by atoms with Gasteiger partial charge in [0.1, 0.15) is 0 Å². The van der Waals surface area contributed by atoms with Gasteiger partial charge < -0.3 is 10.1 Å². The van der Waals surface area contributed by atoms with Crippen molar-refractivity contribution in [3.63, 3.8) is 0 Å². The minimum absolute atomic E-state index is 0.0780. The van der Waals surface area contributed by atoms with Crippen LogP contribution >= 0.6 is 23.2 Å². The first-order chi connectivity index (χ1) is 11.0. The van der Waals surface area contributed by atoms with E-state index in [4.69, 9.17) is 23.2 Å². The van der Waals surface area contributed by atoms with Crippen molar-refractivity contribution < 1.29 is 9.90 Å². The molecule has 0 spiro atoms. The third-order valence-corrected chi connectivity index (χ3v) is 4.75. The average Bonchev–Trinajstić information content (AvgIpc) is 2.87. The lowest BCUT2D eigenvalue weighted by atomic mass is 10.0. The summed E-state index contributed by atoms with van der Waals surface area (Å²) >= 11 is 12.4. The van der Waals surface area contributed by atoms with Crippen LogP contribution in [-0.4, -0.2) is 16.1 Å². The summed E-state index contributed by atoms with van der Waals surface area (Å²) < 4.78 is 0. The van der Waals surface area contributed by atoms with Crippen molar-refractivity contribution in [3.05, 3.63) is 57.6 Å². The maximum Gasteiger partial charge on any atom is 0.307 e. The first kappa shape index (κ1) is 15.9. The van der Waals surface area contributed by atoms with Gasteiger partial charge in [-0.1, -0.05) is 48.3 Å². The van der Waals surface area contributed by atoms with Gasteiger partial charge in [-0.3, -0.25) is 4.79 Å². The van der Waals surface area contributed by atoms with Crippen molar-refractivity contribution >= 4 is 40.1 Å². The highest BCUT2D eigenvalue weighted by Gasteiger charge is 2.18. The van der Waals surface area contributed by atoms with E-state index in [-0.39, 0.29) is 6.42 Å². The molecule has 0 unspecified atom stereocenters. The molecule has 3 aromatic rings. The van der Waals surface area contributed by atoms with Gasteiger partial charge in [0.05, 0.1) is 22.2 Å². The van der Waals surface area contributed by atoms with Crippen molar-refractivity contribution in [3.8, 4) is 11.3 Å². The minimum atomic E-state index is -0.882. The Morgan fingerprint density at radius 3 is 2.70 bits per heavy atom. The molecule has 0 saturated carbocycles. The van der Waals surface area contributed by atoms with Gasteiger partial charge >= 0.3 is 5.97 Å². The van der Waals surface area contributed by atoms with E-state index >= 15 is 0 Å². The predicted octanol–water partition coefficient (Wildman–Crippen LogP) is 5.33. The zero-order chi connectivity index (χ0) is 16.6. The van der Waals surface area contributed by atoms with Crippen LogP contribution in [0.5, 0.6) is 0 Å². The van der Waals surface area contributed by atoms with Gasteiger partial charge in [0, 0.05) is 16.5 Å². The summed E-state index contributed by atoms with van der Waals surface area (Å²) in [5, 5.41) is 11.1. The lowest BCUT2D eigenvalue weighted by Gasteiger charge is -2.07. The maximum absolute atomic E-state index is 11.3. The van der Waals surface area contributed by atoms with Crippen LogP contribution in [0.2, 0.25) is 10.0 Å². The van der Waals surface area contributed by atoms with E-state index < -0.39 is 5.97 Å². The Labute approximate surface area is 143 Å². The molecule has 0 aliphatic heterocycles. The van der Waals surface area contributed by atoms with Gasteiger partial charge in [0.25, 0.3) is 0 Å². The van der Waals surface area contributed by atoms with Crippen LogP contribution in [0.3, 0.4) is 0 Å². The standard InChI is InChI=1S/C18H15Cl2NO2/c1-2-10-6-7-15-12(8-10)13(9-16(22)23)18(21-15)11-4-3-5-14(19)17(11)20/h3-8,21H,2,9H2,1H3,(H,22,23). The molecule has 5 heteroatoms. The maximum atomic E-state index is 11.3. The van der Waals surface area contributed by atoms with Crippen LogP contribution in [0.1, 0.15) is 18.1 Å². The molecule has 3 nitrogen and oxygen atoms in total. The van der Waals surface area contributed by atoms with Crippen LogP contribution in [-0.2, 0) is 17.6 Å². The second kappa shape index (κ2) is 6.26. The summed E-state index contributed by atoms with van der Waals surface area (Å²) in [6.45, 7) is 2.07. The van der Waals surface area contributed by atoms with Crippen LogP contribution < -0.4 is 0 Å². The number of hydrogen-bond acceptors (Lipinski definition) is 1. The number of aryl methyl sites for hydroxylation is 1. The van der Waals surface area contributed by atoms with Crippen molar-refractivity contribution in [1.29, 1.82) is 0 Å². The van der Waals surface area contributed by atoms with Crippen molar-refractivity contribution in [1.82, 2.24) is 4.98 Å². The van der Waals surface area contributed by atoms with Crippen molar-refractivity contribution in [2.24, 2.45) is 0 Å². The number of aliphatic carboxylic acids is 1. The van der Waals surface area contributed by atoms with Gasteiger partial charge in [0.15, 0.2) is 0 Å². The topological polar surface area (TPSA) is 53.1 Å². The molecule has 0 fully saturated rings. The fraction of sp³-hybridized carbons (Fsp3) is 0.167. The third-order valence-electron chi connectivity index (χ3n) is 3.93. The monoisotopic (exact) mass is 347 g/mol. The smallest absolute Gasteiger partial charge is 0.307 e. The highest BCUT2D eigenvalue weighted by atomic mass is 35.5. The molecule has 0 radical (unpaired) electrons. The zero-order valence-corrected chi connectivity index (χ0v) is 14.0. The number of aromatic amines is 1. The third kappa shape index (κ3) is 2.94. The lowest BCUT2D eigenvalue weighted by molar-refractivity contribution is -0.136. The number of carbonyl (C=O) groups is 1. The number of carboxylic acids is 1. The van der Waals surface area contributed by atoms with E-state index in [9.17, 15) is 9.90 Å². The Kier molecular flexibility index (Phi) is 4.33. The number of fused-ring (bicyclic) bond motifs is 1. The summed E-state index contributed by atoms with van der Waals surface area (Å²) in [5.41, 5.74) is 4.20. The minimum Gasteiger partial charge on any atom is -0.481 e. The molecule has 0 aliphatic carbocycles. The number of carboxylic acid groups (broad SMARTS) is 1. The van der Waals surface area contributed by atoms with Crippen molar-refractivity contribution in [2.75, 3.05) is 0 Å². The molecule has 118 valence electrons. The highest BCUT2D eigenvalue weighted by molar-refractivity contribution is 6.43. The molecule has 0 bridgehead atoms. The van der Waals surface area contributed by atoms with E-state index in [0.29, 0.717) is 21.3 Å². The summed E-state index contributed by atoms with van der Waals surface area (Å²) in [5.74, 6) is -0.882. The molecule has 1 aromatic heterocycles. The summed E-state index contributed by atoms with van der Waals surface area (Å²) in [4.78, 5) is 14.6. The van der Waals surface area contributed by atoms with Gasteiger partial charge in [-0.25, -0.2) is 0 Å². The summed E-state index contributed by atoms with van der Waals surface area (Å²) in [6, 6.07) is 11.4. The lowest BCUT2D eigenvalue weighted by Crippen LogP contribution is -2.01. The van der Waals surface area contributed by atoms with E-state index in [2.05, 4.69) is 11.9 Å². The quantitative estimate of drug-likeness (QED) is 0.669. The van der Waals surface area contributed by atoms with Crippen LogP contribution in [0, 0.1) is 0 Å². The molecule has 0 saturated heterocycles. The number of rotatable bonds is 4. The van der Waals surface area contributed by atoms with Crippen LogP contribution in [0.4, 0.5) is 0 Å². The van der Waals surface area contributed by atoms with E-state index in [1.807, 2.05) is 24.3 Å². The van der Waals surface area contributed by atoms with Crippen LogP contribution in [0.25, 0.3) is 22.2 Å². The molecule has 2 aromatic carbocycles. The molecular formula is C18H15Cl2NO2. The average molecular weight is 348 g/mol. The number of aromatic nitrogens is 1. The largest absolute Gasteiger partial charge is 0.481 e. The molecule has 3 rings (SSSR count). The Bertz CT molecular complexity index is 899. The van der Waals surface area contributed by atoms with Crippen molar-refractivity contribution in [2.45, 2.75) is 19.8 Å². The molecule has 0 aliphatic rings. The van der Waals surface area contributed by atoms with Gasteiger partial charge in [-0.15, -0.1) is 0 Å². The summed E-state index contributed by atoms with van der Waals surface area (Å²) in [7, 11) is 0. The van der Waals surface area contributed by atoms with Gasteiger partial charge in [-0.2, -0.15) is 0 Å². The Hall–Kier alpha value is -1.97. The number of benzene rings is 2. The Balaban J connectivity index is 2.31. The fourth-order valence-corrected chi connectivity index (χ4v) is 3.17. The van der Waals surface area contributed by atoms with E-state index in [0.717, 1.165) is 28.5 Å². The Morgan fingerprint density at radius 1 is 1.22 bits per heavy atom. The first-order valence-electron chi connectivity index (χ1n) is 7.31. The number of halogens is 2. The van der Waals surface area contributed by atoms with Crippen LogP contribution in [0.15, 0.2) is 36.4 Å². The number of hydrogen-bond donors (Lipinski definition) is 2. The second-order valence-electron chi connectivity index (χ2n) is 5.38. The molecule has 0 atom stereocenters. The number of nitrogens with one attached hydrogen (secondary N) is 1. The molecule has 1 heterocycles. The molecule has 0 amide bonds.